The van der Waals surface area contributed by atoms with Crippen LogP contribution in [-0.4, -0.2) is 18.0 Å². The minimum atomic E-state index is -0.425. The number of carbonyl (C=O) groups is 1. The number of hydrogen-bond acceptors (Lipinski definition) is 2. The van der Waals surface area contributed by atoms with Crippen molar-refractivity contribution in [2.45, 2.75) is 19.4 Å². The van der Waals surface area contributed by atoms with Crippen LogP contribution in [0.15, 0.2) is 24.3 Å². The molecule has 98 valence electrons. The van der Waals surface area contributed by atoms with Crippen LogP contribution in [0, 0.1) is 0 Å². The van der Waals surface area contributed by atoms with Gasteiger partial charge in [0.05, 0.1) is 0 Å². The van der Waals surface area contributed by atoms with Crippen LogP contribution in [0.1, 0.15) is 19.4 Å². The zero-order chi connectivity index (χ0) is 13.8. The molecule has 18 heavy (non-hydrogen) atoms. The predicted molar refractivity (Wildman–Crippen MR) is 76.8 cm³/mol. The lowest BCUT2D eigenvalue weighted by atomic mass is 10.1. The van der Waals surface area contributed by atoms with Gasteiger partial charge in [0.15, 0.2) is 0 Å². The van der Waals surface area contributed by atoms with E-state index in [1.165, 1.54) is 6.08 Å². The quantitative estimate of drug-likeness (QED) is 0.837. The largest absolute Gasteiger partial charge is 0.346 e. The molecule has 0 aliphatic heterocycles. The standard InChI is InChI=1S/C13H16Cl2N2O/c1-13(2,8-16)17-12(18)6-4-9-3-5-10(14)7-11(9)15/h3-7H,8,16H2,1-2H3,(H,17,18)/b6-4+. The van der Waals surface area contributed by atoms with Crippen molar-refractivity contribution in [3.63, 3.8) is 0 Å². The SMILES string of the molecule is CC(C)(CN)NC(=O)/C=C/c1ccc(Cl)cc1Cl. The first-order valence-corrected chi connectivity index (χ1v) is 6.25. The van der Waals surface area contributed by atoms with Gasteiger partial charge in [0.2, 0.25) is 5.91 Å². The highest BCUT2D eigenvalue weighted by Crippen LogP contribution is 2.21. The van der Waals surface area contributed by atoms with Crippen LogP contribution in [0.2, 0.25) is 10.0 Å². The Morgan fingerprint density at radius 2 is 2.11 bits per heavy atom. The number of halogens is 2. The van der Waals surface area contributed by atoms with E-state index in [0.29, 0.717) is 16.6 Å². The Labute approximate surface area is 117 Å². The zero-order valence-corrected chi connectivity index (χ0v) is 11.8. The first-order valence-electron chi connectivity index (χ1n) is 5.49. The van der Waals surface area contributed by atoms with Gasteiger partial charge < -0.3 is 11.1 Å². The average Bonchev–Trinajstić information content (AvgIpc) is 2.27. The Balaban J connectivity index is 2.72. The van der Waals surface area contributed by atoms with E-state index in [9.17, 15) is 4.79 Å². The van der Waals surface area contributed by atoms with Gasteiger partial charge in [0.1, 0.15) is 0 Å². The second kappa shape index (κ2) is 6.23. The number of amides is 1. The number of rotatable bonds is 4. The molecular formula is C13H16Cl2N2O. The number of nitrogens with one attached hydrogen (secondary N) is 1. The van der Waals surface area contributed by atoms with Crippen LogP contribution in [0.3, 0.4) is 0 Å². The van der Waals surface area contributed by atoms with Gasteiger partial charge in [-0.05, 0) is 37.6 Å². The van der Waals surface area contributed by atoms with E-state index >= 15 is 0 Å². The molecule has 5 heteroatoms. The molecule has 0 fully saturated rings. The Morgan fingerprint density at radius 1 is 1.44 bits per heavy atom. The number of benzene rings is 1. The van der Waals surface area contributed by atoms with Crippen molar-refractivity contribution < 1.29 is 4.79 Å². The van der Waals surface area contributed by atoms with Crippen LogP contribution in [-0.2, 0) is 4.79 Å². The van der Waals surface area contributed by atoms with Crippen LogP contribution in [0.4, 0.5) is 0 Å². The summed E-state index contributed by atoms with van der Waals surface area (Å²) in [5, 5.41) is 3.85. The topological polar surface area (TPSA) is 55.1 Å². The first kappa shape index (κ1) is 15.0. The fraction of sp³-hybridized carbons (Fsp3) is 0.308. The molecule has 0 heterocycles. The van der Waals surface area contributed by atoms with Crippen molar-refractivity contribution in [2.24, 2.45) is 5.73 Å². The maximum absolute atomic E-state index is 11.6. The van der Waals surface area contributed by atoms with Crippen LogP contribution in [0.5, 0.6) is 0 Å². The summed E-state index contributed by atoms with van der Waals surface area (Å²) in [5.41, 5.74) is 5.84. The second-order valence-electron chi connectivity index (χ2n) is 4.58. The molecule has 1 aromatic rings. The van der Waals surface area contributed by atoms with Crippen molar-refractivity contribution in [3.8, 4) is 0 Å². The normalized spacial score (nSPS) is 11.8. The molecule has 0 atom stereocenters. The lowest BCUT2D eigenvalue weighted by molar-refractivity contribution is -0.117. The maximum atomic E-state index is 11.6. The highest BCUT2D eigenvalue weighted by atomic mass is 35.5. The Kier molecular flexibility index (Phi) is 5.20. The summed E-state index contributed by atoms with van der Waals surface area (Å²) in [5.74, 6) is -0.212. The van der Waals surface area contributed by atoms with E-state index < -0.39 is 5.54 Å². The smallest absolute Gasteiger partial charge is 0.244 e. The number of carbonyl (C=O) groups excluding carboxylic acids is 1. The molecule has 0 aromatic heterocycles. The molecule has 0 bridgehead atoms. The molecule has 0 aliphatic rings. The van der Waals surface area contributed by atoms with Crippen LogP contribution < -0.4 is 11.1 Å². The minimum Gasteiger partial charge on any atom is -0.346 e. The molecule has 0 saturated carbocycles. The van der Waals surface area contributed by atoms with Crippen molar-refractivity contribution in [1.29, 1.82) is 0 Å². The third kappa shape index (κ3) is 4.69. The van der Waals surface area contributed by atoms with Gasteiger partial charge in [0, 0.05) is 28.2 Å². The highest BCUT2D eigenvalue weighted by Gasteiger charge is 2.16. The fourth-order valence-electron chi connectivity index (χ4n) is 1.23. The summed E-state index contributed by atoms with van der Waals surface area (Å²) in [6.07, 6.45) is 3.06. The summed E-state index contributed by atoms with van der Waals surface area (Å²) >= 11 is 11.8. The lowest BCUT2D eigenvalue weighted by Crippen LogP contribution is -2.48. The molecular weight excluding hydrogens is 271 g/mol. The molecule has 0 aliphatic carbocycles. The van der Waals surface area contributed by atoms with E-state index in [-0.39, 0.29) is 5.91 Å². The predicted octanol–water partition coefficient (Wildman–Crippen LogP) is 2.86. The van der Waals surface area contributed by atoms with Crippen molar-refractivity contribution in [3.05, 3.63) is 39.9 Å². The summed E-state index contributed by atoms with van der Waals surface area (Å²) in [7, 11) is 0. The van der Waals surface area contributed by atoms with Crippen molar-refractivity contribution >= 4 is 35.2 Å². The van der Waals surface area contributed by atoms with Crippen molar-refractivity contribution in [2.75, 3.05) is 6.54 Å². The van der Waals surface area contributed by atoms with Gasteiger partial charge in [-0.2, -0.15) is 0 Å². The Bertz CT molecular complexity index is 470. The van der Waals surface area contributed by atoms with E-state index in [0.717, 1.165) is 5.56 Å². The molecule has 3 nitrogen and oxygen atoms in total. The van der Waals surface area contributed by atoms with Crippen molar-refractivity contribution in [1.82, 2.24) is 5.32 Å². The van der Waals surface area contributed by atoms with Gasteiger partial charge in [0.25, 0.3) is 0 Å². The zero-order valence-electron chi connectivity index (χ0n) is 10.3. The van der Waals surface area contributed by atoms with E-state index in [4.69, 9.17) is 28.9 Å². The molecule has 0 saturated heterocycles. The monoisotopic (exact) mass is 286 g/mol. The summed E-state index contributed by atoms with van der Waals surface area (Å²) in [6.45, 7) is 4.08. The first-order chi connectivity index (χ1) is 8.34. The molecule has 0 radical (unpaired) electrons. The third-order valence-electron chi connectivity index (χ3n) is 2.35. The third-order valence-corrected chi connectivity index (χ3v) is 2.91. The molecule has 1 rings (SSSR count). The number of hydrogen-bond donors (Lipinski definition) is 2. The van der Waals surface area contributed by atoms with E-state index in [1.54, 1.807) is 24.3 Å². The molecule has 0 unspecified atom stereocenters. The molecule has 1 aromatic carbocycles. The van der Waals surface area contributed by atoms with Gasteiger partial charge in [-0.15, -0.1) is 0 Å². The lowest BCUT2D eigenvalue weighted by Gasteiger charge is -2.23. The van der Waals surface area contributed by atoms with Gasteiger partial charge in [-0.25, -0.2) is 0 Å². The van der Waals surface area contributed by atoms with Gasteiger partial charge >= 0.3 is 0 Å². The Morgan fingerprint density at radius 3 is 2.67 bits per heavy atom. The summed E-state index contributed by atoms with van der Waals surface area (Å²) in [4.78, 5) is 11.6. The maximum Gasteiger partial charge on any atom is 0.244 e. The Hall–Kier alpha value is -1.03. The molecule has 1 amide bonds. The highest BCUT2D eigenvalue weighted by molar-refractivity contribution is 6.35. The fourth-order valence-corrected chi connectivity index (χ4v) is 1.70. The summed E-state index contributed by atoms with van der Waals surface area (Å²) in [6, 6.07) is 5.10. The van der Waals surface area contributed by atoms with Gasteiger partial charge in [-0.1, -0.05) is 29.3 Å². The molecule has 0 spiro atoms. The van der Waals surface area contributed by atoms with E-state index in [2.05, 4.69) is 5.32 Å². The number of nitrogens with two attached hydrogens (primary N) is 1. The second-order valence-corrected chi connectivity index (χ2v) is 5.42. The van der Waals surface area contributed by atoms with Gasteiger partial charge in [-0.3, -0.25) is 4.79 Å². The van der Waals surface area contributed by atoms with E-state index in [1.807, 2.05) is 13.8 Å². The minimum absolute atomic E-state index is 0.212. The molecule has 3 N–H and O–H groups in total. The van der Waals surface area contributed by atoms with Crippen LogP contribution in [0.25, 0.3) is 6.08 Å². The van der Waals surface area contributed by atoms with Crippen LogP contribution >= 0.6 is 23.2 Å². The average molecular weight is 287 g/mol. The summed E-state index contributed by atoms with van der Waals surface area (Å²) < 4.78 is 0.